The van der Waals surface area contributed by atoms with Gasteiger partial charge in [-0.05, 0) is 42.5 Å². The summed E-state index contributed by atoms with van der Waals surface area (Å²) in [6.45, 7) is 3.65. The number of aromatic hydroxyl groups is 1. The van der Waals surface area contributed by atoms with Crippen LogP contribution in [0.15, 0.2) is 67.1 Å². The lowest BCUT2D eigenvalue weighted by molar-refractivity contribution is -0.118. The number of aromatic nitrogens is 6. The summed E-state index contributed by atoms with van der Waals surface area (Å²) >= 11 is 0. The van der Waals surface area contributed by atoms with Gasteiger partial charge in [0, 0.05) is 46.4 Å². The van der Waals surface area contributed by atoms with Gasteiger partial charge < -0.3 is 15.4 Å². The van der Waals surface area contributed by atoms with Crippen molar-refractivity contribution < 1.29 is 14.3 Å². The smallest absolute Gasteiger partial charge is 0.226 e. The zero-order valence-corrected chi connectivity index (χ0v) is 20.5. The summed E-state index contributed by atoms with van der Waals surface area (Å²) in [5.74, 6) is -0.968. The van der Waals surface area contributed by atoms with Gasteiger partial charge in [0.15, 0.2) is 0 Å². The number of fused-ring (bicyclic) bond motifs is 2. The Morgan fingerprint density at radius 2 is 1.87 bits per heavy atom. The van der Waals surface area contributed by atoms with Crippen LogP contribution in [0.4, 0.5) is 10.1 Å². The molecule has 4 N–H and O–H groups in total. The normalized spacial score (nSPS) is 11.5. The van der Waals surface area contributed by atoms with Gasteiger partial charge in [-0.3, -0.25) is 19.9 Å². The standard InChI is InChI=1S/C28H22FN7O2/c1-14(2)28(38)32-18-8-16(12-30-13-18)21-3-4-23-26(34-21)27(36-35-23)24-11-20-22(33-24)5-6-31-25(20)15-7-17(29)10-19(37)9-15/h3-14,33,37H,1-2H3,(H,32,38)(H,35,36). The first-order chi connectivity index (χ1) is 18.4. The average molecular weight is 508 g/mol. The predicted molar refractivity (Wildman–Crippen MR) is 143 cm³/mol. The second-order valence-electron chi connectivity index (χ2n) is 9.27. The molecule has 6 aromatic rings. The molecular formula is C28H22FN7O2. The number of aromatic amines is 2. The fraction of sp³-hybridized carbons (Fsp3) is 0.107. The number of phenols is 1. The summed E-state index contributed by atoms with van der Waals surface area (Å²) in [6, 6.07) is 13.1. The van der Waals surface area contributed by atoms with Crippen molar-refractivity contribution >= 4 is 33.5 Å². The van der Waals surface area contributed by atoms with Crippen molar-refractivity contribution in [3.05, 3.63) is 72.9 Å². The summed E-state index contributed by atoms with van der Waals surface area (Å²) in [4.78, 5) is 29.0. The number of nitrogens with zero attached hydrogens (tertiary/aromatic N) is 4. The van der Waals surface area contributed by atoms with Gasteiger partial charge in [0.05, 0.1) is 34.5 Å². The average Bonchev–Trinajstić information content (AvgIpc) is 3.51. The first-order valence-electron chi connectivity index (χ1n) is 11.9. The van der Waals surface area contributed by atoms with E-state index in [-0.39, 0.29) is 17.6 Å². The molecule has 0 aliphatic carbocycles. The first-order valence-corrected chi connectivity index (χ1v) is 11.9. The van der Waals surface area contributed by atoms with Crippen molar-refractivity contribution in [1.29, 1.82) is 0 Å². The highest BCUT2D eigenvalue weighted by Gasteiger charge is 2.17. The molecule has 0 saturated heterocycles. The van der Waals surface area contributed by atoms with E-state index in [1.165, 1.54) is 12.1 Å². The van der Waals surface area contributed by atoms with Crippen molar-refractivity contribution in [2.45, 2.75) is 13.8 Å². The highest BCUT2D eigenvalue weighted by Crippen LogP contribution is 2.34. The number of benzene rings is 1. The number of carbonyl (C=O) groups is 1. The molecule has 0 unspecified atom stereocenters. The molecule has 9 nitrogen and oxygen atoms in total. The van der Waals surface area contributed by atoms with E-state index >= 15 is 0 Å². The monoisotopic (exact) mass is 507 g/mol. The number of anilines is 1. The fourth-order valence-electron chi connectivity index (χ4n) is 4.30. The lowest BCUT2D eigenvalue weighted by atomic mass is 10.1. The van der Waals surface area contributed by atoms with Gasteiger partial charge in [0.1, 0.15) is 22.8 Å². The molecule has 0 spiro atoms. The number of hydrogen-bond acceptors (Lipinski definition) is 6. The zero-order valence-electron chi connectivity index (χ0n) is 20.5. The fourth-order valence-corrected chi connectivity index (χ4v) is 4.30. The van der Waals surface area contributed by atoms with Crippen molar-refractivity contribution in [2.75, 3.05) is 5.32 Å². The van der Waals surface area contributed by atoms with Crippen LogP contribution in [-0.4, -0.2) is 41.1 Å². The molecule has 0 bridgehead atoms. The number of halogens is 1. The van der Waals surface area contributed by atoms with Crippen molar-refractivity contribution in [3.8, 4) is 39.7 Å². The molecule has 1 amide bonds. The molecule has 10 heteroatoms. The maximum Gasteiger partial charge on any atom is 0.226 e. The largest absolute Gasteiger partial charge is 0.508 e. The number of nitrogens with one attached hydrogen (secondary N) is 3. The van der Waals surface area contributed by atoms with E-state index in [0.29, 0.717) is 39.5 Å². The summed E-state index contributed by atoms with van der Waals surface area (Å²) in [7, 11) is 0. The molecule has 5 aromatic heterocycles. The van der Waals surface area contributed by atoms with Gasteiger partial charge in [0.2, 0.25) is 5.91 Å². The maximum absolute atomic E-state index is 14.0. The summed E-state index contributed by atoms with van der Waals surface area (Å²) < 4.78 is 14.0. The van der Waals surface area contributed by atoms with E-state index in [9.17, 15) is 14.3 Å². The van der Waals surface area contributed by atoms with Crippen LogP contribution in [0.2, 0.25) is 0 Å². The second-order valence-corrected chi connectivity index (χ2v) is 9.27. The molecule has 0 fully saturated rings. The lowest BCUT2D eigenvalue weighted by Gasteiger charge is -2.08. The zero-order chi connectivity index (χ0) is 26.4. The molecule has 1 aromatic carbocycles. The van der Waals surface area contributed by atoms with Crippen molar-refractivity contribution in [3.63, 3.8) is 0 Å². The number of pyridine rings is 3. The lowest BCUT2D eigenvalue weighted by Crippen LogP contribution is -2.17. The Morgan fingerprint density at radius 3 is 2.68 bits per heavy atom. The van der Waals surface area contributed by atoms with Crippen LogP contribution in [0.25, 0.3) is 55.8 Å². The SMILES string of the molecule is CC(C)C(=O)Nc1cncc(-c2ccc3[nH]nc(-c4cc5c(-c6cc(O)cc(F)c6)nccc5[nH]4)c3n2)c1. The van der Waals surface area contributed by atoms with Gasteiger partial charge >= 0.3 is 0 Å². The van der Waals surface area contributed by atoms with Crippen LogP contribution >= 0.6 is 0 Å². The minimum atomic E-state index is -0.549. The summed E-state index contributed by atoms with van der Waals surface area (Å²) in [5, 5.41) is 21.0. The molecule has 0 aliphatic heterocycles. The van der Waals surface area contributed by atoms with E-state index < -0.39 is 5.82 Å². The molecular weight excluding hydrogens is 485 g/mol. The molecule has 6 rings (SSSR count). The predicted octanol–water partition coefficient (Wildman–Crippen LogP) is 5.67. The summed E-state index contributed by atoms with van der Waals surface area (Å²) in [5.41, 5.74) is 6.45. The van der Waals surface area contributed by atoms with Crippen molar-refractivity contribution in [2.24, 2.45) is 5.92 Å². The van der Waals surface area contributed by atoms with E-state index in [0.717, 1.165) is 28.0 Å². The minimum absolute atomic E-state index is 0.0920. The number of amides is 1. The van der Waals surface area contributed by atoms with E-state index in [2.05, 4.69) is 30.5 Å². The third-order valence-corrected chi connectivity index (χ3v) is 6.19. The number of carbonyl (C=O) groups excluding carboxylic acids is 1. The van der Waals surface area contributed by atoms with Gasteiger partial charge in [-0.2, -0.15) is 5.10 Å². The minimum Gasteiger partial charge on any atom is -0.508 e. The number of hydrogen-bond donors (Lipinski definition) is 4. The first kappa shape index (κ1) is 23.3. The third kappa shape index (κ3) is 4.21. The molecule has 38 heavy (non-hydrogen) atoms. The number of H-pyrrole nitrogens is 2. The van der Waals surface area contributed by atoms with Crippen molar-refractivity contribution in [1.82, 2.24) is 30.1 Å². The van der Waals surface area contributed by atoms with E-state index in [1.807, 2.05) is 44.2 Å². The van der Waals surface area contributed by atoms with Crippen LogP contribution in [0.1, 0.15) is 13.8 Å². The second kappa shape index (κ2) is 9.07. The Bertz CT molecular complexity index is 1820. The topological polar surface area (TPSA) is 132 Å². The van der Waals surface area contributed by atoms with Gasteiger partial charge in [0.25, 0.3) is 0 Å². The van der Waals surface area contributed by atoms with Crippen LogP contribution in [0.3, 0.4) is 0 Å². The van der Waals surface area contributed by atoms with Gasteiger partial charge in [-0.25, -0.2) is 9.37 Å². The Hall–Kier alpha value is -5.12. The molecule has 0 aliphatic rings. The number of rotatable bonds is 5. The van der Waals surface area contributed by atoms with E-state index in [4.69, 9.17) is 4.98 Å². The Kier molecular flexibility index (Phi) is 5.56. The van der Waals surface area contributed by atoms with Crippen LogP contribution < -0.4 is 5.32 Å². The quantitative estimate of drug-likeness (QED) is 0.238. The Labute approximate surface area is 215 Å². The van der Waals surface area contributed by atoms with E-state index in [1.54, 1.807) is 18.6 Å². The van der Waals surface area contributed by atoms with Gasteiger partial charge in [-0.15, -0.1) is 0 Å². The highest BCUT2D eigenvalue weighted by atomic mass is 19.1. The molecule has 188 valence electrons. The van der Waals surface area contributed by atoms with Crippen LogP contribution in [0.5, 0.6) is 5.75 Å². The molecule has 5 heterocycles. The molecule has 0 radical (unpaired) electrons. The molecule has 0 atom stereocenters. The van der Waals surface area contributed by atoms with Crippen LogP contribution in [-0.2, 0) is 4.79 Å². The Balaban J connectivity index is 1.42. The third-order valence-electron chi connectivity index (χ3n) is 6.19. The highest BCUT2D eigenvalue weighted by molar-refractivity contribution is 5.99. The molecule has 0 saturated carbocycles. The van der Waals surface area contributed by atoms with Crippen LogP contribution in [0, 0.1) is 11.7 Å². The maximum atomic E-state index is 14.0. The Morgan fingerprint density at radius 1 is 1.00 bits per heavy atom. The number of phenolic OH excluding ortho intramolecular Hbond substituents is 1. The summed E-state index contributed by atoms with van der Waals surface area (Å²) in [6.07, 6.45) is 4.91. The van der Waals surface area contributed by atoms with Gasteiger partial charge in [-0.1, -0.05) is 13.8 Å².